The molecular formula is C13H14N4O4-2. The summed E-state index contributed by atoms with van der Waals surface area (Å²) in [5.41, 5.74) is 12.6. The number of benzene rings is 2. The van der Waals surface area contributed by atoms with Gasteiger partial charge in [0.15, 0.2) is 0 Å². The maximum absolute atomic E-state index is 11.2. The Balaban J connectivity index is 2.43. The highest BCUT2D eigenvalue weighted by Crippen LogP contribution is 2.29. The van der Waals surface area contributed by atoms with Crippen molar-refractivity contribution in [2.45, 2.75) is 6.42 Å². The first-order valence-electron chi connectivity index (χ1n) is 5.97. The van der Waals surface area contributed by atoms with Crippen molar-refractivity contribution in [3.63, 3.8) is 0 Å². The van der Waals surface area contributed by atoms with Crippen LogP contribution in [0.5, 0.6) is 0 Å². The van der Waals surface area contributed by atoms with E-state index >= 15 is 0 Å². The van der Waals surface area contributed by atoms with E-state index < -0.39 is 0 Å². The second-order valence-electron chi connectivity index (χ2n) is 4.50. The lowest BCUT2D eigenvalue weighted by atomic mass is 10.0. The molecule has 0 heterocycles. The molecule has 0 radical (unpaired) electrons. The van der Waals surface area contributed by atoms with Gasteiger partial charge in [0.25, 0.3) is 0 Å². The molecule has 0 aliphatic heterocycles. The van der Waals surface area contributed by atoms with E-state index in [1.54, 1.807) is 24.3 Å². The van der Waals surface area contributed by atoms with Gasteiger partial charge in [0.2, 0.25) is 0 Å². The average molecular weight is 290 g/mol. The molecular weight excluding hydrogens is 276 g/mol. The quantitative estimate of drug-likeness (QED) is 0.492. The van der Waals surface area contributed by atoms with Crippen LogP contribution in [0.15, 0.2) is 36.4 Å². The molecule has 0 fully saturated rings. The fourth-order valence-electron chi connectivity index (χ4n) is 2.02. The minimum Gasteiger partial charge on any atom is -0.733 e. The Morgan fingerprint density at radius 1 is 0.810 bits per heavy atom. The maximum Gasteiger partial charge on any atom is 0.0564 e. The second-order valence-corrected chi connectivity index (χ2v) is 4.50. The molecule has 0 amide bonds. The van der Waals surface area contributed by atoms with Crippen LogP contribution in [0, 0.1) is 10.4 Å². The van der Waals surface area contributed by atoms with E-state index in [4.69, 9.17) is 21.9 Å². The summed E-state index contributed by atoms with van der Waals surface area (Å²) in [6.45, 7) is 0. The molecule has 6 N–H and O–H groups in total. The molecule has 2 aromatic rings. The number of nitrogens with zero attached hydrogens (tertiary/aromatic N) is 2. The molecule has 8 nitrogen and oxygen atoms in total. The number of nitrogen functional groups attached to an aromatic ring is 2. The van der Waals surface area contributed by atoms with Gasteiger partial charge in [-0.1, -0.05) is 12.1 Å². The zero-order valence-electron chi connectivity index (χ0n) is 10.9. The van der Waals surface area contributed by atoms with Gasteiger partial charge in [-0.25, -0.2) is 0 Å². The first-order chi connectivity index (χ1) is 9.88. The van der Waals surface area contributed by atoms with E-state index in [0.717, 1.165) is 0 Å². The molecule has 2 rings (SSSR count). The fraction of sp³-hybridized carbons (Fsp3) is 0.0769. The molecule has 8 heteroatoms. The van der Waals surface area contributed by atoms with Crippen LogP contribution in [-0.4, -0.2) is 10.4 Å². The normalized spacial score (nSPS) is 10.5. The summed E-state index contributed by atoms with van der Waals surface area (Å²) in [6, 6.07) is 8.86. The molecule has 112 valence electrons. The minimum absolute atomic E-state index is 0.0341. The zero-order valence-corrected chi connectivity index (χ0v) is 10.9. The molecule has 2 aromatic carbocycles. The van der Waals surface area contributed by atoms with E-state index in [0.29, 0.717) is 22.5 Å². The third-order valence-electron chi connectivity index (χ3n) is 3.01. The lowest BCUT2D eigenvalue weighted by Gasteiger charge is -2.27. The first-order valence-corrected chi connectivity index (χ1v) is 5.97. The summed E-state index contributed by atoms with van der Waals surface area (Å²) >= 11 is 0. The average Bonchev–Trinajstić information content (AvgIpc) is 2.42. The lowest BCUT2D eigenvalue weighted by molar-refractivity contribution is 0.295. The van der Waals surface area contributed by atoms with Gasteiger partial charge in [0, 0.05) is 17.8 Å². The SMILES string of the molecule is Nc1ccc(Cc2ccc(N)cc2N([O-])O)c(N([O-])O)c1. The van der Waals surface area contributed by atoms with Crippen LogP contribution >= 0.6 is 0 Å². The third kappa shape index (κ3) is 3.33. The van der Waals surface area contributed by atoms with Crippen molar-refractivity contribution in [1.82, 2.24) is 0 Å². The number of rotatable bonds is 4. The Morgan fingerprint density at radius 2 is 1.19 bits per heavy atom. The molecule has 0 aromatic heterocycles. The molecule has 0 aliphatic carbocycles. The summed E-state index contributed by atoms with van der Waals surface area (Å²) in [4.78, 5) is 0. The topological polar surface area (TPSA) is 145 Å². The largest absolute Gasteiger partial charge is 0.733 e. The lowest BCUT2D eigenvalue weighted by Crippen LogP contribution is -2.13. The monoisotopic (exact) mass is 290 g/mol. The van der Waals surface area contributed by atoms with Crippen molar-refractivity contribution in [1.29, 1.82) is 0 Å². The molecule has 0 saturated heterocycles. The predicted octanol–water partition coefficient (Wildman–Crippen LogP) is 1.83. The summed E-state index contributed by atoms with van der Waals surface area (Å²) in [5, 5.41) is 39.9. The third-order valence-corrected chi connectivity index (χ3v) is 3.01. The maximum atomic E-state index is 11.2. The van der Waals surface area contributed by atoms with Gasteiger partial charge in [-0.15, -0.1) is 0 Å². The van der Waals surface area contributed by atoms with Crippen LogP contribution in [0.4, 0.5) is 22.7 Å². The summed E-state index contributed by atoms with van der Waals surface area (Å²) in [6.07, 6.45) is 0.129. The Kier molecular flexibility index (Phi) is 4.15. The standard InChI is InChI=1S/C13H14N4O4/c14-10-3-1-8(12(6-10)16(18)19)5-9-2-4-11(15)7-13(9)17(20)21/h1-4,6-7,18,20H,5,14-15H2/q-2. The highest BCUT2D eigenvalue weighted by molar-refractivity contribution is 5.65. The van der Waals surface area contributed by atoms with Gasteiger partial charge in [-0.2, -0.15) is 0 Å². The molecule has 0 saturated carbocycles. The molecule has 0 unspecified atom stereocenters. The van der Waals surface area contributed by atoms with Crippen LogP contribution < -0.4 is 21.9 Å². The Labute approximate surface area is 120 Å². The second kappa shape index (κ2) is 5.85. The summed E-state index contributed by atoms with van der Waals surface area (Å²) < 4.78 is 0. The number of hydrogen-bond acceptors (Lipinski definition) is 8. The van der Waals surface area contributed by atoms with E-state index in [9.17, 15) is 10.4 Å². The van der Waals surface area contributed by atoms with Gasteiger partial charge in [0.05, 0.1) is 11.4 Å². The van der Waals surface area contributed by atoms with Gasteiger partial charge in [-0.3, -0.25) is 10.4 Å². The van der Waals surface area contributed by atoms with Gasteiger partial charge in [0.1, 0.15) is 0 Å². The molecule has 0 atom stereocenters. The smallest absolute Gasteiger partial charge is 0.0564 e. The van der Waals surface area contributed by atoms with Crippen molar-refractivity contribution in [3.05, 3.63) is 57.9 Å². The Morgan fingerprint density at radius 3 is 1.52 bits per heavy atom. The predicted molar refractivity (Wildman–Crippen MR) is 79.8 cm³/mol. The van der Waals surface area contributed by atoms with Crippen LogP contribution in [0.2, 0.25) is 0 Å². The van der Waals surface area contributed by atoms with Crippen molar-refractivity contribution in [2.24, 2.45) is 0 Å². The number of anilines is 4. The van der Waals surface area contributed by atoms with E-state index in [2.05, 4.69) is 0 Å². The van der Waals surface area contributed by atoms with E-state index in [1.165, 1.54) is 12.1 Å². The van der Waals surface area contributed by atoms with Gasteiger partial charge < -0.3 is 32.3 Å². The highest BCUT2D eigenvalue weighted by atomic mass is 16.8. The zero-order chi connectivity index (χ0) is 15.6. The van der Waals surface area contributed by atoms with Crippen molar-refractivity contribution in [3.8, 4) is 0 Å². The molecule has 0 aliphatic rings. The van der Waals surface area contributed by atoms with Gasteiger partial charge in [-0.05, 0) is 35.4 Å². The first kappa shape index (κ1) is 14.9. The van der Waals surface area contributed by atoms with Crippen LogP contribution in [0.25, 0.3) is 0 Å². The van der Waals surface area contributed by atoms with Crippen molar-refractivity contribution >= 4 is 22.7 Å². The van der Waals surface area contributed by atoms with E-state index in [-0.39, 0.29) is 28.2 Å². The number of hydrogen-bond donors (Lipinski definition) is 4. The Bertz CT molecular complexity index is 591. The fourth-order valence-corrected chi connectivity index (χ4v) is 2.02. The van der Waals surface area contributed by atoms with Crippen LogP contribution in [0.1, 0.15) is 11.1 Å². The van der Waals surface area contributed by atoms with Gasteiger partial charge >= 0.3 is 0 Å². The summed E-state index contributed by atoms with van der Waals surface area (Å²) in [7, 11) is 0. The van der Waals surface area contributed by atoms with Crippen molar-refractivity contribution in [2.75, 3.05) is 21.9 Å². The highest BCUT2D eigenvalue weighted by Gasteiger charge is 2.10. The summed E-state index contributed by atoms with van der Waals surface area (Å²) in [5.74, 6) is 0. The molecule has 0 bridgehead atoms. The van der Waals surface area contributed by atoms with Crippen molar-refractivity contribution < 1.29 is 10.4 Å². The minimum atomic E-state index is -0.295. The number of nitrogens with two attached hydrogens (primary N) is 2. The molecule has 21 heavy (non-hydrogen) atoms. The van der Waals surface area contributed by atoms with Crippen LogP contribution in [0.3, 0.4) is 0 Å². The van der Waals surface area contributed by atoms with Crippen LogP contribution in [-0.2, 0) is 6.42 Å². The van der Waals surface area contributed by atoms with E-state index in [1.807, 2.05) is 0 Å². The molecule has 0 spiro atoms. The Hall–Kier alpha value is -2.52.